The molecule has 2 aliphatic heterocycles. The van der Waals surface area contributed by atoms with Crippen LogP contribution in [0.2, 0.25) is 0 Å². The summed E-state index contributed by atoms with van der Waals surface area (Å²) in [6.07, 6.45) is 0. The monoisotopic (exact) mass is 381 g/mol. The highest BCUT2D eigenvalue weighted by Crippen LogP contribution is 2.32. The fourth-order valence-electron chi connectivity index (χ4n) is 2.98. The Bertz CT molecular complexity index is 968. The third-order valence-corrected chi connectivity index (χ3v) is 4.23. The van der Waals surface area contributed by atoms with E-state index in [0.717, 1.165) is 4.90 Å². The molecule has 2 aliphatic rings. The predicted molar refractivity (Wildman–Crippen MR) is 96.4 cm³/mol. The molecule has 0 radical (unpaired) electrons. The molecule has 0 fully saturated rings. The highest BCUT2D eigenvalue weighted by molar-refractivity contribution is 6.22. The lowest BCUT2D eigenvalue weighted by Crippen LogP contribution is -2.43. The van der Waals surface area contributed by atoms with Crippen LogP contribution in [0.25, 0.3) is 0 Å². The van der Waals surface area contributed by atoms with Crippen molar-refractivity contribution in [2.45, 2.75) is 0 Å². The average molecular weight is 381 g/mol. The summed E-state index contributed by atoms with van der Waals surface area (Å²) in [6.45, 7) is 0.300. The van der Waals surface area contributed by atoms with Crippen molar-refractivity contribution in [3.63, 3.8) is 0 Å². The minimum atomic E-state index is -0.793. The number of nitrogens with zero attached hydrogens (tertiary/aromatic N) is 1. The molecule has 2 aromatic rings. The number of anilines is 1. The lowest BCUT2D eigenvalue weighted by atomic mass is 10.1. The van der Waals surface area contributed by atoms with Crippen molar-refractivity contribution >= 4 is 29.4 Å². The summed E-state index contributed by atoms with van der Waals surface area (Å²) in [7, 11) is 0. The van der Waals surface area contributed by atoms with Gasteiger partial charge in [0.2, 0.25) is 5.91 Å². The van der Waals surface area contributed by atoms with Gasteiger partial charge in [0.25, 0.3) is 11.8 Å². The zero-order valence-corrected chi connectivity index (χ0v) is 14.6. The highest BCUT2D eigenvalue weighted by Gasteiger charge is 2.36. The van der Waals surface area contributed by atoms with Crippen LogP contribution < -0.4 is 20.1 Å². The zero-order chi connectivity index (χ0) is 19.7. The molecule has 0 aromatic heterocycles. The number of fused-ring (bicyclic) bond motifs is 2. The molecule has 4 rings (SSSR count). The maximum atomic E-state index is 12.3. The van der Waals surface area contributed by atoms with Gasteiger partial charge in [-0.2, -0.15) is 0 Å². The van der Waals surface area contributed by atoms with E-state index in [9.17, 15) is 19.2 Å². The van der Waals surface area contributed by atoms with E-state index in [0.29, 0.717) is 30.4 Å². The molecule has 0 spiro atoms. The second kappa shape index (κ2) is 7.03. The van der Waals surface area contributed by atoms with Crippen molar-refractivity contribution in [2.24, 2.45) is 0 Å². The van der Waals surface area contributed by atoms with Gasteiger partial charge in [0, 0.05) is 11.8 Å². The molecule has 2 heterocycles. The van der Waals surface area contributed by atoms with Gasteiger partial charge in [0.1, 0.15) is 19.8 Å². The Morgan fingerprint density at radius 3 is 2.25 bits per heavy atom. The Balaban J connectivity index is 1.36. The highest BCUT2D eigenvalue weighted by atomic mass is 16.6. The second-order valence-electron chi connectivity index (χ2n) is 6.10. The summed E-state index contributed by atoms with van der Waals surface area (Å²) < 4.78 is 10.8. The Kier molecular flexibility index (Phi) is 4.40. The third kappa shape index (κ3) is 3.25. The summed E-state index contributed by atoms with van der Waals surface area (Å²) >= 11 is 0. The van der Waals surface area contributed by atoms with Gasteiger partial charge in [-0.05, 0) is 24.3 Å². The van der Waals surface area contributed by atoms with Crippen LogP contribution in [-0.2, 0) is 4.79 Å². The molecule has 0 saturated heterocycles. The normalized spacial score (nSPS) is 14.5. The fraction of sp³-hybridized carbons (Fsp3) is 0.158. The van der Waals surface area contributed by atoms with Crippen LogP contribution in [0, 0.1) is 0 Å². The van der Waals surface area contributed by atoms with Gasteiger partial charge >= 0.3 is 6.03 Å². The summed E-state index contributed by atoms with van der Waals surface area (Å²) in [4.78, 5) is 49.5. The van der Waals surface area contributed by atoms with Gasteiger partial charge in [0.15, 0.2) is 11.5 Å². The van der Waals surface area contributed by atoms with Gasteiger partial charge in [-0.1, -0.05) is 12.1 Å². The molecule has 0 aliphatic carbocycles. The van der Waals surface area contributed by atoms with Crippen molar-refractivity contribution in [2.75, 3.05) is 25.1 Å². The summed E-state index contributed by atoms with van der Waals surface area (Å²) in [5, 5.41) is 4.59. The molecule has 28 heavy (non-hydrogen) atoms. The number of carbonyl (C=O) groups is 4. The number of hydrogen-bond acceptors (Lipinski definition) is 6. The maximum Gasteiger partial charge on any atom is 0.325 e. The molecule has 0 saturated carbocycles. The van der Waals surface area contributed by atoms with Gasteiger partial charge in [-0.25, -0.2) is 4.79 Å². The second-order valence-corrected chi connectivity index (χ2v) is 6.10. The summed E-state index contributed by atoms with van der Waals surface area (Å²) in [5.74, 6) is -0.865. The Hall–Kier alpha value is -3.88. The Labute approximate surface area is 159 Å². The number of nitrogens with one attached hydrogen (secondary N) is 2. The first-order chi connectivity index (χ1) is 13.5. The molecule has 142 valence electrons. The van der Waals surface area contributed by atoms with E-state index in [-0.39, 0.29) is 11.1 Å². The molecule has 2 N–H and O–H groups in total. The molecule has 0 bridgehead atoms. The van der Waals surface area contributed by atoms with Gasteiger partial charge in [-0.3, -0.25) is 24.6 Å². The van der Waals surface area contributed by atoms with E-state index < -0.39 is 30.3 Å². The van der Waals surface area contributed by atoms with E-state index in [1.54, 1.807) is 30.3 Å². The minimum Gasteiger partial charge on any atom is -0.486 e. The van der Waals surface area contributed by atoms with Crippen molar-refractivity contribution in [1.82, 2.24) is 10.2 Å². The lowest BCUT2D eigenvalue weighted by Gasteiger charge is -2.19. The Morgan fingerprint density at radius 1 is 0.929 bits per heavy atom. The van der Waals surface area contributed by atoms with Crippen molar-refractivity contribution in [1.29, 1.82) is 0 Å². The fourth-order valence-corrected chi connectivity index (χ4v) is 2.98. The quantitative estimate of drug-likeness (QED) is 0.777. The average Bonchev–Trinajstić information content (AvgIpc) is 2.93. The molecule has 9 nitrogen and oxygen atoms in total. The topological polar surface area (TPSA) is 114 Å². The molecule has 2 aromatic carbocycles. The molecular formula is C19H15N3O6. The minimum absolute atomic E-state index is 0.237. The van der Waals surface area contributed by atoms with Crippen molar-refractivity contribution in [3.8, 4) is 11.5 Å². The number of amides is 5. The van der Waals surface area contributed by atoms with Crippen molar-refractivity contribution < 1.29 is 28.7 Å². The zero-order valence-electron chi connectivity index (χ0n) is 14.6. The number of benzene rings is 2. The number of hydrogen-bond donors (Lipinski definition) is 2. The lowest BCUT2D eigenvalue weighted by molar-refractivity contribution is -0.120. The van der Waals surface area contributed by atoms with E-state index in [4.69, 9.17) is 9.47 Å². The molecular weight excluding hydrogens is 366 g/mol. The van der Waals surface area contributed by atoms with Crippen LogP contribution in [0.5, 0.6) is 11.5 Å². The first-order valence-electron chi connectivity index (χ1n) is 8.48. The van der Waals surface area contributed by atoms with E-state index >= 15 is 0 Å². The smallest absolute Gasteiger partial charge is 0.325 e. The summed E-state index contributed by atoms with van der Waals surface area (Å²) in [5.41, 5.74) is 0.873. The standard InChI is InChI=1S/C19H15N3O6/c23-16(10-22-17(24)12-3-1-2-4-13(12)18(22)25)21-19(26)20-11-5-6-14-15(9-11)28-8-7-27-14/h1-6,9H,7-8,10H2,(H2,20,21,23,26). The third-order valence-electron chi connectivity index (χ3n) is 4.23. The Morgan fingerprint density at radius 2 is 1.57 bits per heavy atom. The van der Waals surface area contributed by atoms with Gasteiger partial charge in [0.05, 0.1) is 11.1 Å². The van der Waals surface area contributed by atoms with Crippen LogP contribution in [0.15, 0.2) is 42.5 Å². The van der Waals surface area contributed by atoms with Gasteiger partial charge < -0.3 is 14.8 Å². The van der Waals surface area contributed by atoms with Crippen LogP contribution in [0.3, 0.4) is 0 Å². The molecule has 0 unspecified atom stereocenters. The van der Waals surface area contributed by atoms with E-state index in [2.05, 4.69) is 10.6 Å². The summed E-state index contributed by atoms with van der Waals surface area (Å²) in [6, 6.07) is 10.3. The van der Waals surface area contributed by atoms with E-state index in [1.165, 1.54) is 12.1 Å². The molecule has 9 heteroatoms. The number of urea groups is 1. The molecule has 0 atom stereocenters. The van der Waals surface area contributed by atoms with Gasteiger partial charge in [-0.15, -0.1) is 0 Å². The SMILES string of the molecule is O=C(CN1C(=O)c2ccccc2C1=O)NC(=O)Nc1ccc2c(c1)OCCO2. The van der Waals surface area contributed by atoms with Crippen LogP contribution in [-0.4, -0.2) is 48.4 Å². The van der Waals surface area contributed by atoms with Crippen LogP contribution in [0.4, 0.5) is 10.5 Å². The number of ether oxygens (including phenoxy) is 2. The largest absolute Gasteiger partial charge is 0.486 e. The number of rotatable bonds is 3. The predicted octanol–water partition coefficient (Wildman–Crippen LogP) is 1.40. The number of imide groups is 2. The van der Waals surface area contributed by atoms with E-state index in [1.807, 2.05) is 0 Å². The first-order valence-corrected chi connectivity index (χ1v) is 8.48. The van der Waals surface area contributed by atoms with Crippen molar-refractivity contribution in [3.05, 3.63) is 53.6 Å². The number of carbonyl (C=O) groups excluding carboxylic acids is 4. The molecule has 5 amide bonds. The van der Waals surface area contributed by atoms with Crippen LogP contribution in [0.1, 0.15) is 20.7 Å². The maximum absolute atomic E-state index is 12.3. The first kappa shape index (κ1) is 17.5. The van der Waals surface area contributed by atoms with Crippen LogP contribution >= 0.6 is 0 Å².